The van der Waals surface area contributed by atoms with E-state index in [9.17, 15) is 9.59 Å². The van der Waals surface area contributed by atoms with Crippen molar-refractivity contribution in [2.75, 3.05) is 6.61 Å². The highest BCUT2D eigenvalue weighted by Gasteiger charge is 2.26. The van der Waals surface area contributed by atoms with E-state index < -0.39 is 6.04 Å². The van der Waals surface area contributed by atoms with Gasteiger partial charge in [-0.05, 0) is 57.0 Å². The fourth-order valence-electron chi connectivity index (χ4n) is 2.89. The highest BCUT2D eigenvalue weighted by molar-refractivity contribution is 9.10. The number of nitrogens with zero attached hydrogens (tertiary/aromatic N) is 1. The Hall–Kier alpha value is -2.34. The summed E-state index contributed by atoms with van der Waals surface area (Å²) in [6.45, 7) is 6.42. The molecule has 2 rings (SSSR count). The summed E-state index contributed by atoms with van der Waals surface area (Å²) in [6, 6.07) is 16.8. The van der Waals surface area contributed by atoms with Crippen molar-refractivity contribution in [2.45, 2.75) is 52.2 Å². The first-order valence-electron chi connectivity index (χ1n) is 9.89. The van der Waals surface area contributed by atoms with Crippen LogP contribution in [0.3, 0.4) is 0 Å². The van der Waals surface area contributed by atoms with Gasteiger partial charge in [-0.2, -0.15) is 0 Å². The zero-order valence-electron chi connectivity index (χ0n) is 17.2. The van der Waals surface area contributed by atoms with Crippen LogP contribution in [0.25, 0.3) is 0 Å². The van der Waals surface area contributed by atoms with Gasteiger partial charge in [-0.15, -0.1) is 0 Å². The largest absolute Gasteiger partial charge is 0.494 e. The molecule has 0 heterocycles. The Bertz CT molecular complexity index is 796. The molecule has 5 nitrogen and oxygen atoms in total. The molecule has 1 atom stereocenters. The highest BCUT2D eigenvalue weighted by Crippen LogP contribution is 2.17. The molecule has 0 aliphatic carbocycles. The van der Waals surface area contributed by atoms with Gasteiger partial charge in [0.05, 0.1) is 6.61 Å². The van der Waals surface area contributed by atoms with E-state index in [1.165, 1.54) is 0 Å². The number of para-hydroxylation sites is 1. The van der Waals surface area contributed by atoms with E-state index in [4.69, 9.17) is 4.74 Å². The van der Waals surface area contributed by atoms with Gasteiger partial charge in [-0.1, -0.05) is 46.3 Å². The molecular formula is C23H29BrN2O3. The Morgan fingerprint density at radius 2 is 1.79 bits per heavy atom. The lowest BCUT2D eigenvalue weighted by Gasteiger charge is -2.29. The van der Waals surface area contributed by atoms with E-state index in [1.807, 2.05) is 68.4 Å². The SMILES string of the molecule is CC(C)NC(=O)[C@H](C)N(Cc1cccc(Br)c1)C(=O)CCCOc1ccccc1. The van der Waals surface area contributed by atoms with Crippen molar-refractivity contribution in [3.63, 3.8) is 0 Å². The van der Waals surface area contributed by atoms with E-state index in [1.54, 1.807) is 11.8 Å². The first-order valence-corrected chi connectivity index (χ1v) is 10.7. The molecule has 29 heavy (non-hydrogen) atoms. The summed E-state index contributed by atoms with van der Waals surface area (Å²) in [5, 5.41) is 2.90. The molecule has 2 aromatic carbocycles. The Labute approximate surface area is 181 Å². The molecule has 0 bridgehead atoms. The van der Waals surface area contributed by atoms with Crippen LogP contribution in [0.4, 0.5) is 0 Å². The average Bonchev–Trinajstić information content (AvgIpc) is 2.69. The first kappa shape index (κ1) is 22.9. The number of ether oxygens (including phenoxy) is 1. The summed E-state index contributed by atoms with van der Waals surface area (Å²) in [5.74, 6) is 0.576. The Morgan fingerprint density at radius 3 is 2.45 bits per heavy atom. The second-order valence-electron chi connectivity index (χ2n) is 7.26. The van der Waals surface area contributed by atoms with Crippen LogP contribution in [0.15, 0.2) is 59.1 Å². The standard InChI is InChI=1S/C23H29BrN2O3/c1-17(2)25-23(28)18(3)26(16-19-9-7-10-20(24)15-19)22(27)13-8-14-29-21-11-5-4-6-12-21/h4-7,9-12,15,17-18H,8,13-14,16H2,1-3H3,(H,25,28)/t18-/m0/s1. The molecule has 0 fully saturated rings. The minimum absolute atomic E-state index is 0.0204. The summed E-state index contributed by atoms with van der Waals surface area (Å²) in [4.78, 5) is 27.1. The van der Waals surface area contributed by atoms with Gasteiger partial charge in [-0.3, -0.25) is 9.59 Å². The number of carbonyl (C=O) groups is 2. The molecule has 0 radical (unpaired) electrons. The number of hydrogen-bond donors (Lipinski definition) is 1. The number of nitrogens with one attached hydrogen (secondary N) is 1. The van der Waals surface area contributed by atoms with Gasteiger partial charge in [0, 0.05) is 23.5 Å². The van der Waals surface area contributed by atoms with Crippen molar-refractivity contribution in [1.29, 1.82) is 0 Å². The quantitative estimate of drug-likeness (QED) is 0.529. The van der Waals surface area contributed by atoms with Crippen LogP contribution in [-0.2, 0) is 16.1 Å². The van der Waals surface area contributed by atoms with Crippen LogP contribution in [0, 0.1) is 0 Å². The van der Waals surface area contributed by atoms with Gasteiger partial charge >= 0.3 is 0 Å². The number of hydrogen-bond acceptors (Lipinski definition) is 3. The summed E-state index contributed by atoms with van der Waals surface area (Å²) >= 11 is 3.46. The lowest BCUT2D eigenvalue weighted by Crippen LogP contribution is -2.49. The van der Waals surface area contributed by atoms with Gasteiger partial charge in [0.15, 0.2) is 0 Å². The zero-order valence-corrected chi connectivity index (χ0v) is 18.8. The van der Waals surface area contributed by atoms with Gasteiger partial charge in [0.25, 0.3) is 0 Å². The summed E-state index contributed by atoms with van der Waals surface area (Å²) < 4.78 is 6.62. The number of benzene rings is 2. The fraction of sp³-hybridized carbons (Fsp3) is 0.391. The van der Waals surface area contributed by atoms with E-state index in [2.05, 4.69) is 21.2 Å². The lowest BCUT2D eigenvalue weighted by molar-refractivity contribution is -0.141. The third kappa shape index (κ3) is 7.89. The molecule has 0 aliphatic rings. The monoisotopic (exact) mass is 460 g/mol. The summed E-state index contributed by atoms with van der Waals surface area (Å²) in [5.41, 5.74) is 0.970. The number of amides is 2. The van der Waals surface area contributed by atoms with Crippen LogP contribution in [-0.4, -0.2) is 35.4 Å². The van der Waals surface area contributed by atoms with Gasteiger partial charge < -0.3 is 15.0 Å². The molecule has 0 aromatic heterocycles. The van der Waals surface area contributed by atoms with Crippen molar-refractivity contribution >= 4 is 27.7 Å². The maximum Gasteiger partial charge on any atom is 0.242 e. The maximum absolute atomic E-state index is 13.0. The predicted molar refractivity (Wildman–Crippen MR) is 119 cm³/mol. The predicted octanol–water partition coefficient (Wildman–Crippen LogP) is 4.55. The molecule has 0 unspecified atom stereocenters. The van der Waals surface area contributed by atoms with Crippen LogP contribution in [0.2, 0.25) is 0 Å². The highest BCUT2D eigenvalue weighted by atomic mass is 79.9. The molecular weight excluding hydrogens is 432 g/mol. The van der Waals surface area contributed by atoms with Crippen molar-refractivity contribution in [3.05, 3.63) is 64.6 Å². The summed E-state index contributed by atoms with van der Waals surface area (Å²) in [7, 11) is 0. The van der Waals surface area contributed by atoms with Crippen molar-refractivity contribution < 1.29 is 14.3 Å². The van der Waals surface area contributed by atoms with Gasteiger partial charge in [-0.25, -0.2) is 0 Å². The normalized spacial score (nSPS) is 11.8. The van der Waals surface area contributed by atoms with Gasteiger partial charge in [0.2, 0.25) is 11.8 Å². The third-order valence-electron chi connectivity index (χ3n) is 4.39. The summed E-state index contributed by atoms with van der Waals surface area (Å²) in [6.07, 6.45) is 0.904. The van der Waals surface area contributed by atoms with Crippen LogP contribution >= 0.6 is 15.9 Å². The number of halogens is 1. The van der Waals surface area contributed by atoms with Crippen molar-refractivity contribution in [2.24, 2.45) is 0 Å². The molecule has 2 amide bonds. The van der Waals surface area contributed by atoms with E-state index in [0.29, 0.717) is 26.0 Å². The molecule has 0 saturated heterocycles. The molecule has 0 saturated carbocycles. The van der Waals surface area contributed by atoms with Crippen molar-refractivity contribution in [1.82, 2.24) is 10.2 Å². The van der Waals surface area contributed by atoms with E-state index in [-0.39, 0.29) is 17.9 Å². The van der Waals surface area contributed by atoms with Crippen LogP contribution in [0.1, 0.15) is 39.2 Å². The zero-order chi connectivity index (χ0) is 21.2. The average molecular weight is 461 g/mol. The second-order valence-corrected chi connectivity index (χ2v) is 8.17. The minimum Gasteiger partial charge on any atom is -0.494 e. The topological polar surface area (TPSA) is 58.6 Å². The van der Waals surface area contributed by atoms with Gasteiger partial charge in [0.1, 0.15) is 11.8 Å². The number of rotatable bonds is 10. The molecule has 156 valence electrons. The first-order chi connectivity index (χ1) is 13.9. The number of carbonyl (C=O) groups excluding carboxylic acids is 2. The molecule has 0 aliphatic heterocycles. The molecule has 1 N–H and O–H groups in total. The Morgan fingerprint density at radius 1 is 1.07 bits per heavy atom. The molecule has 0 spiro atoms. The fourth-order valence-corrected chi connectivity index (χ4v) is 3.34. The van der Waals surface area contributed by atoms with E-state index >= 15 is 0 Å². The van der Waals surface area contributed by atoms with E-state index in [0.717, 1.165) is 15.8 Å². The van der Waals surface area contributed by atoms with Crippen molar-refractivity contribution in [3.8, 4) is 5.75 Å². The minimum atomic E-state index is -0.557. The molecule has 2 aromatic rings. The van der Waals surface area contributed by atoms with Crippen LogP contribution in [0.5, 0.6) is 5.75 Å². The second kappa shape index (κ2) is 11.6. The Kier molecular flexibility index (Phi) is 9.19. The third-order valence-corrected chi connectivity index (χ3v) is 4.88. The Balaban J connectivity index is 2.00. The lowest BCUT2D eigenvalue weighted by atomic mass is 10.1. The smallest absolute Gasteiger partial charge is 0.242 e. The van der Waals surface area contributed by atoms with Crippen LogP contribution < -0.4 is 10.1 Å². The molecule has 6 heteroatoms. The maximum atomic E-state index is 13.0.